The fourth-order valence-electron chi connectivity index (χ4n) is 0.934. The van der Waals surface area contributed by atoms with Gasteiger partial charge in [-0.1, -0.05) is 0 Å². The first-order valence-corrected chi connectivity index (χ1v) is 3.28. The van der Waals surface area contributed by atoms with Gasteiger partial charge in [0.15, 0.2) is 0 Å². The van der Waals surface area contributed by atoms with Crippen molar-refractivity contribution in [2.24, 2.45) is 5.92 Å². The van der Waals surface area contributed by atoms with E-state index >= 15 is 0 Å². The second-order valence-corrected chi connectivity index (χ2v) is 2.44. The summed E-state index contributed by atoms with van der Waals surface area (Å²) in [6.45, 7) is 1.67. The van der Waals surface area contributed by atoms with Crippen molar-refractivity contribution in [3.63, 3.8) is 0 Å². The van der Waals surface area contributed by atoms with Crippen molar-refractivity contribution in [3.8, 4) is 0 Å². The summed E-state index contributed by atoms with van der Waals surface area (Å²) in [6.07, 6.45) is 2.22. The molecule has 54 valence electrons. The minimum atomic E-state index is 0.598. The first-order valence-electron chi connectivity index (χ1n) is 3.28. The van der Waals surface area contributed by atoms with Crippen LogP contribution in [0.3, 0.4) is 0 Å². The number of rotatable bonds is 2. The molecule has 1 aliphatic rings. The SMILES string of the molecule is c1nnc(CC2COC2)o1. The number of nitrogens with zero attached hydrogens (tertiary/aromatic N) is 2. The lowest BCUT2D eigenvalue weighted by Crippen LogP contribution is -2.29. The van der Waals surface area contributed by atoms with E-state index in [4.69, 9.17) is 9.15 Å². The molecule has 0 aliphatic carbocycles. The van der Waals surface area contributed by atoms with Crippen LogP contribution < -0.4 is 0 Å². The van der Waals surface area contributed by atoms with Gasteiger partial charge in [-0.3, -0.25) is 0 Å². The lowest BCUT2D eigenvalue weighted by atomic mass is 10.0. The van der Waals surface area contributed by atoms with E-state index in [-0.39, 0.29) is 0 Å². The Morgan fingerprint density at radius 3 is 3.00 bits per heavy atom. The van der Waals surface area contributed by atoms with Gasteiger partial charge in [-0.2, -0.15) is 0 Å². The summed E-state index contributed by atoms with van der Waals surface area (Å²) in [4.78, 5) is 0. The fourth-order valence-corrected chi connectivity index (χ4v) is 0.934. The quantitative estimate of drug-likeness (QED) is 0.591. The van der Waals surface area contributed by atoms with E-state index in [1.165, 1.54) is 6.39 Å². The molecule has 0 bridgehead atoms. The van der Waals surface area contributed by atoms with E-state index in [2.05, 4.69) is 10.2 Å². The molecule has 0 radical (unpaired) electrons. The van der Waals surface area contributed by atoms with Crippen LogP contribution in [0.1, 0.15) is 5.89 Å². The largest absolute Gasteiger partial charge is 0.428 e. The van der Waals surface area contributed by atoms with Gasteiger partial charge in [-0.15, -0.1) is 10.2 Å². The zero-order valence-corrected chi connectivity index (χ0v) is 5.49. The van der Waals surface area contributed by atoms with E-state index in [1.54, 1.807) is 0 Å². The number of aromatic nitrogens is 2. The van der Waals surface area contributed by atoms with Gasteiger partial charge in [0.05, 0.1) is 13.2 Å². The highest BCUT2D eigenvalue weighted by Gasteiger charge is 2.20. The maximum Gasteiger partial charge on any atom is 0.216 e. The van der Waals surface area contributed by atoms with Crippen LogP contribution in [0.4, 0.5) is 0 Å². The van der Waals surface area contributed by atoms with Gasteiger partial charge in [0.2, 0.25) is 12.3 Å². The first-order chi connectivity index (χ1) is 4.95. The Morgan fingerprint density at radius 2 is 2.50 bits per heavy atom. The Bertz CT molecular complexity index is 194. The molecule has 0 aromatic carbocycles. The smallest absolute Gasteiger partial charge is 0.216 e. The third-order valence-corrected chi connectivity index (χ3v) is 1.58. The molecule has 1 aromatic rings. The summed E-state index contributed by atoms with van der Waals surface area (Å²) in [5.74, 6) is 1.31. The highest BCUT2D eigenvalue weighted by molar-refractivity contribution is 4.80. The number of hydrogen-bond acceptors (Lipinski definition) is 4. The summed E-state index contributed by atoms with van der Waals surface area (Å²) in [5, 5.41) is 7.34. The van der Waals surface area contributed by atoms with E-state index in [9.17, 15) is 0 Å². The van der Waals surface area contributed by atoms with Gasteiger partial charge in [0.1, 0.15) is 0 Å². The number of hydrogen-bond donors (Lipinski definition) is 0. The average molecular weight is 140 g/mol. The minimum Gasteiger partial charge on any atom is -0.428 e. The molecule has 0 N–H and O–H groups in total. The Labute approximate surface area is 58.2 Å². The predicted octanol–water partition coefficient (Wildman–Crippen LogP) is 0.258. The van der Waals surface area contributed by atoms with Gasteiger partial charge >= 0.3 is 0 Å². The van der Waals surface area contributed by atoms with Crippen LogP contribution in [-0.4, -0.2) is 23.4 Å². The van der Waals surface area contributed by atoms with Crippen molar-refractivity contribution in [1.82, 2.24) is 10.2 Å². The van der Waals surface area contributed by atoms with Gasteiger partial charge < -0.3 is 9.15 Å². The maximum atomic E-state index is 4.99. The highest BCUT2D eigenvalue weighted by Crippen LogP contribution is 2.14. The topological polar surface area (TPSA) is 48.2 Å². The van der Waals surface area contributed by atoms with Crippen LogP contribution in [0.2, 0.25) is 0 Å². The predicted molar refractivity (Wildman–Crippen MR) is 32.3 cm³/mol. The van der Waals surface area contributed by atoms with Gasteiger partial charge in [0.25, 0.3) is 0 Å². The molecule has 0 atom stereocenters. The van der Waals surface area contributed by atoms with Crippen LogP contribution in [0.5, 0.6) is 0 Å². The van der Waals surface area contributed by atoms with Crippen molar-refractivity contribution < 1.29 is 9.15 Å². The molecular weight excluding hydrogens is 132 g/mol. The monoisotopic (exact) mass is 140 g/mol. The molecule has 1 fully saturated rings. The van der Waals surface area contributed by atoms with Gasteiger partial charge in [-0.05, 0) is 0 Å². The molecule has 2 rings (SSSR count). The zero-order chi connectivity index (χ0) is 6.81. The molecule has 0 spiro atoms. The maximum absolute atomic E-state index is 4.99. The lowest BCUT2D eigenvalue weighted by Gasteiger charge is -2.23. The molecule has 2 heterocycles. The molecule has 1 aromatic heterocycles. The van der Waals surface area contributed by atoms with Gasteiger partial charge in [0, 0.05) is 12.3 Å². The molecule has 4 heteroatoms. The molecule has 1 aliphatic heterocycles. The normalized spacial score (nSPS) is 18.8. The second-order valence-electron chi connectivity index (χ2n) is 2.44. The molecule has 10 heavy (non-hydrogen) atoms. The van der Waals surface area contributed by atoms with Crippen LogP contribution >= 0.6 is 0 Å². The zero-order valence-electron chi connectivity index (χ0n) is 5.49. The summed E-state index contributed by atoms with van der Waals surface area (Å²) in [6, 6.07) is 0. The van der Waals surface area contributed by atoms with E-state index < -0.39 is 0 Å². The van der Waals surface area contributed by atoms with Crippen molar-refractivity contribution in [2.45, 2.75) is 6.42 Å². The minimum absolute atomic E-state index is 0.598. The molecule has 1 saturated heterocycles. The Hall–Kier alpha value is -0.900. The summed E-state index contributed by atoms with van der Waals surface area (Å²) < 4.78 is 9.96. The van der Waals surface area contributed by atoms with Crippen LogP contribution in [0, 0.1) is 5.92 Å². The highest BCUT2D eigenvalue weighted by atomic mass is 16.5. The summed E-state index contributed by atoms with van der Waals surface area (Å²) in [5.41, 5.74) is 0. The molecule has 0 unspecified atom stereocenters. The second kappa shape index (κ2) is 2.38. The van der Waals surface area contributed by atoms with Crippen molar-refractivity contribution >= 4 is 0 Å². The standard InChI is InChI=1S/C6H8N2O2/c1(5-2-9-3-5)6-8-7-4-10-6/h4-5H,1-3H2. The van der Waals surface area contributed by atoms with E-state index in [0.29, 0.717) is 11.8 Å². The first kappa shape index (κ1) is 5.85. The Morgan fingerprint density at radius 1 is 1.60 bits per heavy atom. The number of ether oxygens (including phenoxy) is 1. The Kier molecular flexibility index (Phi) is 1.39. The third kappa shape index (κ3) is 1.02. The van der Waals surface area contributed by atoms with Crippen molar-refractivity contribution in [3.05, 3.63) is 12.3 Å². The molecule has 4 nitrogen and oxygen atoms in total. The molecule has 0 saturated carbocycles. The van der Waals surface area contributed by atoms with Gasteiger partial charge in [-0.25, -0.2) is 0 Å². The molecular formula is C6H8N2O2. The van der Waals surface area contributed by atoms with Crippen molar-refractivity contribution in [1.29, 1.82) is 0 Å². The van der Waals surface area contributed by atoms with Crippen LogP contribution in [-0.2, 0) is 11.2 Å². The summed E-state index contributed by atoms with van der Waals surface area (Å²) >= 11 is 0. The van der Waals surface area contributed by atoms with Crippen molar-refractivity contribution in [2.75, 3.05) is 13.2 Å². The lowest BCUT2D eigenvalue weighted by molar-refractivity contribution is -0.0338. The summed E-state index contributed by atoms with van der Waals surface area (Å²) in [7, 11) is 0. The third-order valence-electron chi connectivity index (χ3n) is 1.58. The Balaban J connectivity index is 1.90. The van der Waals surface area contributed by atoms with Crippen LogP contribution in [0.25, 0.3) is 0 Å². The van der Waals surface area contributed by atoms with Crippen LogP contribution in [0.15, 0.2) is 10.8 Å². The van der Waals surface area contributed by atoms with E-state index in [0.717, 1.165) is 19.6 Å². The fraction of sp³-hybridized carbons (Fsp3) is 0.667. The molecule has 0 amide bonds. The average Bonchev–Trinajstić information content (AvgIpc) is 2.29. The van der Waals surface area contributed by atoms with E-state index in [1.807, 2.05) is 0 Å².